The van der Waals surface area contributed by atoms with Gasteiger partial charge in [0.2, 0.25) is 0 Å². The van der Waals surface area contributed by atoms with Crippen LogP contribution < -0.4 is 0 Å². The van der Waals surface area contributed by atoms with Gasteiger partial charge in [0.25, 0.3) is 0 Å². The van der Waals surface area contributed by atoms with Crippen LogP contribution in [0.5, 0.6) is 0 Å². The zero-order valence-electron chi connectivity index (χ0n) is 16.9. The number of rotatable bonds is 6. The summed E-state index contributed by atoms with van der Waals surface area (Å²) in [5.74, 6) is -0.184. The van der Waals surface area contributed by atoms with Gasteiger partial charge in [-0.1, -0.05) is 48.5 Å². The molecule has 1 atom stereocenters. The largest absolute Gasteiger partial charge is 0.396 e. The molecule has 1 aromatic heterocycles. The fourth-order valence-corrected chi connectivity index (χ4v) is 4.55. The van der Waals surface area contributed by atoms with E-state index in [4.69, 9.17) is 0 Å². The second-order valence-corrected chi connectivity index (χ2v) is 8.28. The molecule has 29 heavy (non-hydrogen) atoms. The smallest absolute Gasteiger partial charge is 0.126 e. The molecule has 1 aliphatic heterocycles. The summed E-state index contributed by atoms with van der Waals surface area (Å²) in [7, 11) is 1.95. The molecular weight excluding hydrogens is 365 g/mol. The average Bonchev–Trinajstić information content (AvgIpc) is 3.10. The number of nitrogens with zero attached hydrogens (tertiary/aromatic N) is 3. The van der Waals surface area contributed by atoms with Crippen LogP contribution in [0.15, 0.2) is 60.8 Å². The van der Waals surface area contributed by atoms with Crippen molar-refractivity contribution in [2.45, 2.75) is 25.8 Å². The number of halogens is 1. The third-order valence-corrected chi connectivity index (χ3v) is 5.94. The fraction of sp³-hybridized carbons (Fsp3) is 0.375. The molecule has 0 radical (unpaired) electrons. The summed E-state index contributed by atoms with van der Waals surface area (Å²) in [6, 6.07) is 17.1. The molecule has 1 aliphatic rings. The number of likely N-dealkylation sites (tertiary alicyclic amines) is 1. The van der Waals surface area contributed by atoms with E-state index >= 15 is 0 Å². The Morgan fingerprint density at radius 2 is 1.83 bits per heavy atom. The quantitative estimate of drug-likeness (QED) is 0.687. The molecule has 5 heteroatoms. The Labute approximate surface area is 171 Å². The molecule has 3 aromatic rings. The summed E-state index contributed by atoms with van der Waals surface area (Å²) in [4.78, 5) is 2.38. The third kappa shape index (κ3) is 4.41. The van der Waals surface area contributed by atoms with Gasteiger partial charge in [0, 0.05) is 42.9 Å². The predicted octanol–water partition coefficient (Wildman–Crippen LogP) is 4.04. The fourth-order valence-electron chi connectivity index (χ4n) is 4.55. The van der Waals surface area contributed by atoms with Gasteiger partial charge in [0.15, 0.2) is 0 Å². The van der Waals surface area contributed by atoms with E-state index < -0.39 is 0 Å². The molecular formula is C24H28FN3O. The van der Waals surface area contributed by atoms with Gasteiger partial charge in [-0.15, -0.1) is 0 Å². The minimum Gasteiger partial charge on any atom is -0.396 e. The molecule has 4 rings (SSSR count). The third-order valence-electron chi connectivity index (χ3n) is 5.94. The molecule has 0 unspecified atom stereocenters. The molecule has 1 fully saturated rings. The van der Waals surface area contributed by atoms with Crippen molar-refractivity contribution in [3.63, 3.8) is 0 Å². The van der Waals surface area contributed by atoms with Crippen LogP contribution in [0.4, 0.5) is 4.39 Å². The van der Waals surface area contributed by atoms with E-state index in [1.807, 2.05) is 42.1 Å². The second-order valence-electron chi connectivity index (χ2n) is 8.28. The Morgan fingerprint density at radius 3 is 2.59 bits per heavy atom. The topological polar surface area (TPSA) is 41.3 Å². The first-order chi connectivity index (χ1) is 14.1. The molecule has 0 aliphatic carbocycles. The lowest BCUT2D eigenvalue weighted by Crippen LogP contribution is -2.46. The van der Waals surface area contributed by atoms with Gasteiger partial charge in [0.1, 0.15) is 5.82 Å². The highest BCUT2D eigenvalue weighted by molar-refractivity contribution is 5.62. The van der Waals surface area contributed by atoms with Crippen molar-refractivity contribution < 1.29 is 9.50 Å². The molecule has 2 aromatic carbocycles. The van der Waals surface area contributed by atoms with E-state index in [2.05, 4.69) is 28.3 Å². The highest BCUT2D eigenvalue weighted by Gasteiger charge is 2.36. The predicted molar refractivity (Wildman–Crippen MR) is 113 cm³/mol. The number of benzene rings is 2. The zero-order valence-corrected chi connectivity index (χ0v) is 16.9. The number of aliphatic hydroxyl groups is 1. The SMILES string of the molecule is Cn1cc(CN2CCC[C@](CO)(Cc3ccccc3F)C2)c(-c2ccccc2)n1. The van der Waals surface area contributed by atoms with E-state index in [1.54, 1.807) is 6.07 Å². The number of piperidine rings is 1. The Balaban J connectivity index is 1.54. The van der Waals surface area contributed by atoms with E-state index in [1.165, 1.54) is 11.6 Å². The Morgan fingerprint density at radius 1 is 1.07 bits per heavy atom. The van der Waals surface area contributed by atoms with Crippen LogP contribution >= 0.6 is 0 Å². The number of aromatic nitrogens is 2. The molecule has 1 saturated heterocycles. The molecule has 0 bridgehead atoms. The van der Waals surface area contributed by atoms with E-state index in [-0.39, 0.29) is 17.8 Å². The summed E-state index contributed by atoms with van der Waals surface area (Å²) < 4.78 is 16.1. The van der Waals surface area contributed by atoms with Gasteiger partial charge in [-0.2, -0.15) is 5.10 Å². The molecule has 1 N–H and O–H groups in total. The average molecular weight is 394 g/mol. The van der Waals surface area contributed by atoms with Crippen LogP contribution in [-0.2, 0) is 20.0 Å². The lowest BCUT2D eigenvalue weighted by molar-refractivity contribution is 0.0283. The minimum atomic E-state index is -0.310. The monoisotopic (exact) mass is 393 g/mol. The van der Waals surface area contributed by atoms with E-state index in [0.717, 1.165) is 43.7 Å². The van der Waals surface area contributed by atoms with Crippen molar-refractivity contribution in [1.29, 1.82) is 0 Å². The van der Waals surface area contributed by atoms with Crippen molar-refractivity contribution in [3.05, 3.63) is 77.7 Å². The molecule has 2 heterocycles. The Hall–Kier alpha value is -2.50. The number of hydrogen-bond donors (Lipinski definition) is 1. The Bertz CT molecular complexity index is 956. The van der Waals surface area contributed by atoms with Gasteiger partial charge in [-0.05, 0) is 37.4 Å². The summed E-state index contributed by atoms with van der Waals surface area (Å²) in [5.41, 5.74) is 3.67. The summed E-state index contributed by atoms with van der Waals surface area (Å²) >= 11 is 0. The second kappa shape index (κ2) is 8.47. The number of aliphatic hydroxyl groups excluding tert-OH is 1. The summed E-state index contributed by atoms with van der Waals surface area (Å²) in [6.45, 7) is 2.57. The van der Waals surface area contributed by atoms with Crippen molar-refractivity contribution in [2.75, 3.05) is 19.7 Å². The van der Waals surface area contributed by atoms with Gasteiger partial charge in [-0.3, -0.25) is 9.58 Å². The minimum absolute atomic E-state index is 0.0659. The first-order valence-corrected chi connectivity index (χ1v) is 10.2. The van der Waals surface area contributed by atoms with Gasteiger partial charge in [-0.25, -0.2) is 4.39 Å². The maximum Gasteiger partial charge on any atom is 0.126 e. The van der Waals surface area contributed by atoms with Crippen LogP contribution in [0, 0.1) is 11.2 Å². The van der Waals surface area contributed by atoms with Crippen molar-refractivity contribution in [3.8, 4) is 11.3 Å². The highest BCUT2D eigenvalue weighted by Crippen LogP contribution is 2.35. The number of hydrogen-bond acceptors (Lipinski definition) is 3. The first-order valence-electron chi connectivity index (χ1n) is 10.2. The van der Waals surface area contributed by atoms with Crippen molar-refractivity contribution in [1.82, 2.24) is 14.7 Å². The summed E-state index contributed by atoms with van der Waals surface area (Å²) in [6.07, 6.45) is 4.54. The first kappa shape index (κ1) is 19.8. The molecule has 4 nitrogen and oxygen atoms in total. The summed E-state index contributed by atoms with van der Waals surface area (Å²) in [5, 5.41) is 14.9. The highest BCUT2D eigenvalue weighted by atomic mass is 19.1. The lowest BCUT2D eigenvalue weighted by atomic mass is 9.75. The van der Waals surface area contributed by atoms with Gasteiger partial charge < -0.3 is 5.11 Å². The van der Waals surface area contributed by atoms with Crippen molar-refractivity contribution in [2.24, 2.45) is 12.5 Å². The van der Waals surface area contributed by atoms with Gasteiger partial charge >= 0.3 is 0 Å². The van der Waals surface area contributed by atoms with Crippen LogP contribution in [-0.4, -0.2) is 39.5 Å². The standard InChI is InChI=1S/C24H28FN3O/c1-27-15-21(23(26-27)19-8-3-2-4-9-19)16-28-13-7-12-24(17-28,18-29)14-20-10-5-6-11-22(20)25/h2-6,8-11,15,29H,7,12-14,16-18H2,1H3/t24-/m0/s1. The molecule has 0 saturated carbocycles. The molecule has 152 valence electrons. The van der Waals surface area contributed by atoms with Crippen LogP contribution in [0.1, 0.15) is 24.0 Å². The van der Waals surface area contributed by atoms with E-state index in [9.17, 15) is 9.50 Å². The van der Waals surface area contributed by atoms with Crippen LogP contribution in [0.25, 0.3) is 11.3 Å². The molecule has 0 spiro atoms. The Kier molecular flexibility index (Phi) is 5.79. The molecule has 0 amide bonds. The number of aryl methyl sites for hydroxylation is 1. The van der Waals surface area contributed by atoms with Crippen molar-refractivity contribution >= 4 is 0 Å². The van der Waals surface area contributed by atoms with E-state index in [0.29, 0.717) is 12.0 Å². The van der Waals surface area contributed by atoms with Gasteiger partial charge in [0.05, 0.1) is 12.3 Å². The normalized spacial score (nSPS) is 20.1. The maximum absolute atomic E-state index is 14.2. The zero-order chi connectivity index (χ0) is 20.3. The van der Waals surface area contributed by atoms with Crippen LogP contribution in [0.3, 0.4) is 0 Å². The van der Waals surface area contributed by atoms with Crippen LogP contribution in [0.2, 0.25) is 0 Å². The maximum atomic E-state index is 14.2. The lowest BCUT2D eigenvalue weighted by Gasteiger charge is -2.42.